The van der Waals surface area contributed by atoms with Crippen molar-refractivity contribution in [3.63, 3.8) is 0 Å². The monoisotopic (exact) mass is 259 g/mol. The van der Waals surface area contributed by atoms with E-state index in [4.69, 9.17) is 5.26 Å². The van der Waals surface area contributed by atoms with Crippen molar-refractivity contribution in [2.75, 3.05) is 5.32 Å². The van der Waals surface area contributed by atoms with E-state index < -0.39 is 0 Å². The van der Waals surface area contributed by atoms with E-state index in [1.807, 2.05) is 11.4 Å². The second-order valence-corrected chi connectivity index (χ2v) is 5.67. The van der Waals surface area contributed by atoms with E-state index in [1.54, 1.807) is 0 Å². The lowest BCUT2D eigenvalue weighted by molar-refractivity contribution is 0.573. The number of hydrogen-bond acceptors (Lipinski definition) is 6. The molecule has 0 atom stereocenters. The average Bonchev–Trinajstić information content (AvgIpc) is 2.78. The van der Waals surface area contributed by atoms with Gasteiger partial charge in [-0.15, -0.1) is 11.3 Å². The van der Waals surface area contributed by atoms with Gasteiger partial charge in [0.2, 0.25) is 0 Å². The highest BCUT2D eigenvalue weighted by atomic mass is 32.1. The van der Waals surface area contributed by atoms with Crippen molar-refractivity contribution < 1.29 is 0 Å². The number of anilines is 2. The minimum absolute atomic E-state index is 0.0345. The van der Waals surface area contributed by atoms with Gasteiger partial charge in [-0.3, -0.25) is 0 Å². The Kier molecular flexibility index (Phi) is 3.26. The van der Waals surface area contributed by atoms with Crippen LogP contribution in [0.3, 0.4) is 0 Å². The number of rotatable bonds is 2. The molecule has 6 heteroatoms. The maximum Gasteiger partial charge on any atom is 0.188 e. The van der Waals surface area contributed by atoms with Crippen molar-refractivity contribution in [2.24, 2.45) is 0 Å². The molecule has 0 fully saturated rings. The molecule has 0 aromatic carbocycles. The van der Waals surface area contributed by atoms with Gasteiger partial charge in [0.05, 0.1) is 18.1 Å². The highest BCUT2D eigenvalue weighted by Gasteiger charge is 2.17. The molecule has 2 aromatic heterocycles. The highest BCUT2D eigenvalue weighted by molar-refractivity contribution is 7.13. The first-order chi connectivity index (χ1) is 8.49. The van der Waals surface area contributed by atoms with Crippen molar-refractivity contribution in [3.05, 3.63) is 29.2 Å². The molecule has 0 radical (unpaired) electrons. The number of hydrogen-bond donors (Lipinski definition) is 1. The van der Waals surface area contributed by atoms with E-state index in [0.717, 1.165) is 10.8 Å². The highest BCUT2D eigenvalue weighted by Crippen LogP contribution is 2.27. The number of nitrogens with one attached hydrogen (secondary N) is 1. The first-order valence-electron chi connectivity index (χ1n) is 5.44. The Hall–Kier alpha value is -2.00. The van der Waals surface area contributed by atoms with Crippen LogP contribution in [-0.4, -0.2) is 15.0 Å². The Morgan fingerprint density at radius 1 is 1.28 bits per heavy atom. The average molecular weight is 259 g/mol. The maximum absolute atomic E-state index is 8.63. The van der Waals surface area contributed by atoms with E-state index in [1.165, 1.54) is 23.7 Å². The third-order valence-electron chi connectivity index (χ3n) is 2.27. The van der Waals surface area contributed by atoms with E-state index in [2.05, 4.69) is 41.0 Å². The Morgan fingerprint density at radius 3 is 2.56 bits per heavy atom. The maximum atomic E-state index is 8.63. The molecule has 5 nitrogen and oxygen atoms in total. The zero-order valence-electron chi connectivity index (χ0n) is 10.4. The Balaban J connectivity index is 2.14. The first-order valence-corrected chi connectivity index (χ1v) is 6.32. The van der Waals surface area contributed by atoms with Gasteiger partial charge >= 0.3 is 0 Å². The number of nitriles is 1. The van der Waals surface area contributed by atoms with Gasteiger partial charge in [0.25, 0.3) is 0 Å². The van der Waals surface area contributed by atoms with Crippen LogP contribution in [0.5, 0.6) is 0 Å². The summed E-state index contributed by atoms with van der Waals surface area (Å²) in [6.45, 7) is 6.36. The van der Waals surface area contributed by atoms with Crippen LogP contribution in [-0.2, 0) is 5.41 Å². The summed E-state index contributed by atoms with van der Waals surface area (Å²) in [5.74, 6) is 0.587. The molecule has 0 aliphatic carbocycles. The predicted octanol–water partition coefficient (Wildman–Crippen LogP) is 2.85. The Morgan fingerprint density at radius 2 is 2.06 bits per heavy atom. The van der Waals surface area contributed by atoms with Crippen molar-refractivity contribution in [3.8, 4) is 6.07 Å². The van der Waals surface area contributed by atoms with Gasteiger partial charge in [-0.05, 0) is 0 Å². The van der Waals surface area contributed by atoms with E-state index in [0.29, 0.717) is 11.5 Å². The number of thiazole rings is 1. The molecule has 0 amide bonds. The molecule has 18 heavy (non-hydrogen) atoms. The molecule has 0 unspecified atom stereocenters. The lowest BCUT2D eigenvalue weighted by atomic mass is 9.93. The lowest BCUT2D eigenvalue weighted by Gasteiger charge is -2.14. The summed E-state index contributed by atoms with van der Waals surface area (Å²) in [7, 11) is 0. The molecule has 1 N–H and O–H groups in total. The quantitative estimate of drug-likeness (QED) is 0.897. The summed E-state index contributed by atoms with van der Waals surface area (Å²) in [6.07, 6.45) is 2.96. The van der Waals surface area contributed by atoms with Gasteiger partial charge in [-0.2, -0.15) is 5.26 Å². The third-order valence-corrected chi connectivity index (χ3v) is 3.03. The minimum atomic E-state index is 0.0345. The Labute approximate surface area is 110 Å². The summed E-state index contributed by atoms with van der Waals surface area (Å²) in [5, 5.41) is 14.5. The second kappa shape index (κ2) is 4.70. The van der Waals surface area contributed by atoms with E-state index in [9.17, 15) is 0 Å². The fourth-order valence-corrected chi connectivity index (χ4v) is 2.18. The predicted molar refractivity (Wildman–Crippen MR) is 70.8 cm³/mol. The molecule has 0 spiro atoms. The molecular formula is C12H13N5S. The van der Waals surface area contributed by atoms with Gasteiger partial charge in [0.15, 0.2) is 16.6 Å². The first kappa shape index (κ1) is 12.5. The Bertz CT molecular complexity index is 574. The van der Waals surface area contributed by atoms with Crippen LogP contribution in [0, 0.1) is 11.3 Å². The molecular weight excluding hydrogens is 246 g/mol. The fraction of sp³-hybridized carbons (Fsp3) is 0.333. The number of nitrogens with zero attached hydrogens (tertiary/aromatic N) is 4. The standard InChI is InChI=1S/C12H13N5S/c1-12(2,3)9-7-18-11(16-9)17-10-6-14-8(4-13)5-15-10/h5-7H,1-3H3,(H,15,16,17). The van der Waals surface area contributed by atoms with Crippen molar-refractivity contribution in [1.29, 1.82) is 5.26 Å². The fourth-order valence-electron chi connectivity index (χ4n) is 1.24. The van der Waals surface area contributed by atoms with Crippen LogP contribution >= 0.6 is 11.3 Å². The van der Waals surface area contributed by atoms with Crippen LogP contribution in [0.25, 0.3) is 0 Å². The molecule has 0 bridgehead atoms. The van der Waals surface area contributed by atoms with E-state index in [-0.39, 0.29) is 5.41 Å². The molecule has 2 heterocycles. The van der Waals surface area contributed by atoms with E-state index >= 15 is 0 Å². The zero-order chi connectivity index (χ0) is 13.2. The molecule has 0 aliphatic heterocycles. The third kappa shape index (κ3) is 2.81. The zero-order valence-corrected chi connectivity index (χ0v) is 11.2. The molecule has 92 valence electrons. The smallest absolute Gasteiger partial charge is 0.188 e. The van der Waals surface area contributed by atoms with Crippen LogP contribution in [0.2, 0.25) is 0 Å². The molecule has 0 saturated carbocycles. The van der Waals surface area contributed by atoms with Crippen LogP contribution in [0.4, 0.5) is 10.9 Å². The largest absolute Gasteiger partial charge is 0.315 e. The summed E-state index contributed by atoms with van der Waals surface area (Å²) < 4.78 is 0. The van der Waals surface area contributed by atoms with Gasteiger partial charge in [-0.25, -0.2) is 15.0 Å². The van der Waals surface area contributed by atoms with Gasteiger partial charge in [-0.1, -0.05) is 20.8 Å². The van der Waals surface area contributed by atoms with Crippen molar-refractivity contribution in [2.45, 2.75) is 26.2 Å². The molecule has 0 aliphatic rings. The van der Waals surface area contributed by atoms with Gasteiger partial charge < -0.3 is 5.32 Å². The summed E-state index contributed by atoms with van der Waals surface area (Å²) in [4.78, 5) is 12.5. The van der Waals surface area contributed by atoms with Gasteiger partial charge in [0.1, 0.15) is 6.07 Å². The normalized spacial score (nSPS) is 11.0. The van der Waals surface area contributed by atoms with Crippen molar-refractivity contribution in [1.82, 2.24) is 15.0 Å². The molecule has 2 rings (SSSR count). The van der Waals surface area contributed by atoms with Gasteiger partial charge in [0, 0.05) is 10.8 Å². The molecule has 0 saturated heterocycles. The van der Waals surface area contributed by atoms with Crippen LogP contribution in [0.15, 0.2) is 17.8 Å². The summed E-state index contributed by atoms with van der Waals surface area (Å²) in [6, 6.07) is 1.93. The lowest BCUT2D eigenvalue weighted by Crippen LogP contribution is -2.11. The van der Waals surface area contributed by atoms with Crippen molar-refractivity contribution >= 4 is 22.3 Å². The second-order valence-electron chi connectivity index (χ2n) is 4.81. The minimum Gasteiger partial charge on any atom is -0.315 e. The number of aromatic nitrogens is 3. The summed E-state index contributed by atoms with van der Waals surface area (Å²) in [5.41, 5.74) is 1.37. The van der Waals surface area contributed by atoms with Crippen LogP contribution in [0.1, 0.15) is 32.2 Å². The van der Waals surface area contributed by atoms with Crippen LogP contribution < -0.4 is 5.32 Å². The topological polar surface area (TPSA) is 74.5 Å². The SMILES string of the molecule is CC(C)(C)c1csc(Nc2cnc(C#N)cn2)n1. The summed E-state index contributed by atoms with van der Waals surface area (Å²) >= 11 is 1.53. The molecule has 2 aromatic rings.